The van der Waals surface area contributed by atoms with Crippen molar-refractivity contribution >= 4 is 5.91 Å². The van der Waals surface area contributed by atoms with Crippen LogP contribution >= 0.6 is 0 Å². The number of likely N-dealkylation sites (N-methyl/N-ethyl adjacent to an activating group) is 1. The second-order valence-electron chi connectivity index (χ2n) is 5.33. The molecule has 0 bridgehead atoms. The van der Waals surface area contributed by atoms with Crippen molar-refractivity contribution in [2.24, 2.45) is 0 Å². The standard InChI is InChI=1S/C12H23N3O/c1-12(6-3-7-14-12)11(16)13-8-9-15(2)10-4-5-10/h10,14H,3-9H2,1-2H3,(H,13,16). The molecular weight excluding hydrogens is 202 g/mol. The normalized spacial score (nSPS) is 29.7. The van der Waals surface area contributed by atoms with Gasteiger partial charge in [-0.25, -0.2) is 0 Å². The second kappa shape index (κ2) is 4.72. The fourth-order valence-electron chi connectivity index (χ4n) is 2.33. The number of hydrogen-bond donors (Lipinski definition) is 2. The van der Waals surface area contributed by atoms with Gasteiger partial charge in [0.1, 0.15) is 0 Å². The third-order valence-electron chi connectivity index (χ3n) is 3.79. The molecule has 1 aliphatic heterocycles. The summed E-state index contributed by atoms with van der Waals surface area (Å²) in [5.74, 6) is 0.161. The van der Waals surface area contributed by atoms with Gasteiger partial charge in [-0.05, 0) is 46.2 Å². The molecule has 16 heavy (non-hydrogen) atoms. The lowest BCUT2D eigenvalue weighted by molar-refractivity contribution is -0.126. The largest absolute Gasteiger partial charge is 0.353 e. The summed E-state index contributed by atoms with van der Waals surface area (Å²) in [4.78, 5) is 14.3. The lowest BCUT2D eigenvalue weighted by Crippen LogP contribution is -2.52. The Morgan fingerprint density at radius 2 is 2.31 bits per heavy atom. The maximum Gasteiger partial charge on any atom is 0.240 e. The molecule has 1 amide bonds. The number of nitrogens with zero attached hydrogens (tertiary/aromatic N) is 1. The van der Waals surface area contributed by atoms with Crippen molar-refractivity contribution < 1.29 is 4.79 Å². The summed E-state index contributed by atoms with van der Waals surface area (Å²) < 4.78 is 0. The third-order valence-corrected chi connectivity index (χ3v) is 3.79. The Morgan fingerprint density at radius 1 is 1.56 bits per heavy atom. The number of carbonyl (C=O) groups is 1. The summed E-state index contributed by atoms with van der Waals surface area (Å²) in [7, 11) is 2.14. The highest BCUT2D eigenvalue weighted by Crippen LogP contribution is 2.24. The molecule has 2 N–H and O–H groups in total. The Balaban J connectivity index is 1.66. The highest BCUT2D eigenvalue weighted by Gasteiger charge is 2.35. The molecule has 1 heterocycles. The zero-order chi connectivity index (χ0) is 11.6. The van der Waals surface area contributed by atoms with Crippen LogP contribution in [0.25, 0.3) is 0 Å². The summed E-state index contributed by atoms with van der Waals surface area (Å²) >= 11 is 0. The van der Waals surface area contributed by atoms with Gasteiger partial charge in [0.25, 0.3) is 0 Å². The van der Waals surface area contributed by atoms with Crippen molar-refractivity contribution in [1.29, 1.82) is 0 Å². The molecule has 0 aromatic carbocycles. The van der Waals surface area contributed by atoms with Gasteiger partial charge in [-0.15, -0.1) is 0 Å². The molecule has 2 aliphatic rings. The maximum absolute atomic E-state index is 11.9. The highest BCUT2D eigenvalue weighted by atomic mass is 16.2. The Labute approximate surface area is 97.8 Å². The topological polar surface area (TPSA) is 44.4 Å². The van der Waals surface area contributed by atoms with Crippen molar-refractivity contribution in [2.75, 3.05) is 26.7 Å². The van der Waals surface area contributed by atoms with Crippen LogP contribution in [0.3, 0.4) is 0 Å². The molecule has 1 saturated carbocycles. The molecule has 0 aromatic heterocycles. The van der Waals surface area contributed by atoms with Crippen LogP contribution in [0.5, 0.6) is 0 Å². The molecule has 0 aromatic rings. The maximum atomic E-state index is 11.9. The monoisotopic (exact) mass is 225 g/mol. The molecule has 0 radical (unpaired) electrons. The minimum absolute atomic E-state index is 0.161. The SMILES string of the molecule is CN(CCNC(=O)C1(C)CCCN1)C1CC1. The predicted molar refractivity (Wildman–Crippen MR) is 64.3 cm³/mol. The number of rotatable bonds is 5. The number of amides is 1. The first-order valence-corrected chi connectivity index (χ1v) is 6.35. The lowest BCUT2D eigenvalue weighted by atomic mass is 9.99. The van der Waals surface area contributed by atoms with E-state index in [4.69, 9.17) is 0 Å². The summed E-state index contributed by atoms with van der Waals surface area (Å²) in [5, 5.41) is 6.32. The minimum atomic E-state index is -0.321. The number of carbonyl (C=O) groups excluding carboxylic acids is 1. The van der Waals surface area contributed by atoms with E-state index in [0.29, 0.717) is 0 Å². The molecule has 0 spiro atoms. The van der Waals surface area contributed by atoms with E-state index in [0.717, 1.165) is 38.5 Å². The van der Waals surface area contributed by atoms with E-state index in [-0.39, 0.29) is 11.4 Å². The average molecular weight is 225 g/mol. The molecule has 1 atom stereocenters. The summed E-state index contributed by atoms with van der Waals surface area (Å²) in [6.45, 7) is 4.70. The molecule has 4 heteroatoms. The smallest absolute Gasteiger partial charge is 0.240 e. The quantitative estimate of drug-likeness (QED) is 0.709. The van der Waals surface area contributed by atoms with Crippen LogP contribution in [0, 0.1) is 0 Å². The van der Waals surface area contributed by atoms with Crippen LogP contribution in [0.1, 0.15) is 32.6 Å². The molecule has 2 rings (SSSR count). The van der Waals surface area contributed by atoms with Crippen LogP contribution in [0.2, 0.25) is 0 Å². The lowest BCUT2D eigenvalue weighted by Gasteiger charge is -2.24. The van der Waals surface area contributed by atoms with E-state index in [1.807, 2.05) is 6.92 Å². The van der Waals surface area contributed by atoms with Gasteiger partial charge in [0, 0.05) is 19.1 Å². The zero-order valence-electron chi connectivity index (χ0n) is 10.4. The Morgan fingerprint density at radius 3 is 2.88 bits per heavy atom. The van der Waals surface area contributed by atoms with Crippen LogP contribution in [-0.2, 0) is 4.79 Å². The van der Waals surface area contributed by atoms with Gasteiger partial charge in [0.15, 0.2) is 0 Å². The van der Waals surface area contributed by atoms with Gasteiger partial charge in [-0.2, -0.15) is 0 Å². The first-order valence-electron chi connectivity index (χ1n) is 6.35. The highest BCUT2D eigenvalue weighted by molar-refractivity contribution is 5.86. The molecule has 1 saturated heterocycles. The summed E-state index contributed by atoms with van der Waals surface area (Å²) in [6.07, 6.45) is 4.70. The van der Waals surface area contributed by atoms with E-state index in [2.05, 4.69) is 22.6 Å². The zero-order valence-corrected chi connectivity index (χ0v) is 10.4. The molecule has 1 aliphatic carbocycles. The Hall–Kier alpha value is -0.610. The van der Waals surface area contributed by atoms with Gasteiger partial charge in [0.2, 0.25) is 5.91 Å². The van der Waals surface area contributed by atoms with Gasteiger partial charge in [0.05, 0.1) is 5.54 Å². The fourth-order valence-corrected chi connectivity index (χ4v) is 2.33. The third kappa shape index (κ3) is 2.74. The van der Waals surface area contributed by atoms with Gasteiger partial charge in [-0.3, -0.25) is 4.79 Å². The second-order valence-corrected chi connectivity index (χ2v) is 5.33. The predicted octanol–water partition coefficient (Wildman–Crippen LogP) is 0.339. The summed E-state index contributed by atoms with van der Waals surface area (Å²) in [5.41, 5.74) is -0.321. The fraction of sp³-hybridized carbons (Fsp3) is 0.917. The molecule has 2 fully saturated rings. The first kappa shape index (κ1) is 11.9. The molecular formula is C12H23N3O. The Bertz CT molecular complexity index is 257. The van der Waals surface area contributed by atoms with Crippen LogP contribution in [0.4, 0.5) is 0 Å². The van der Waals surface area contributed by atoms with E-state index < -0.39 is 0 Å². The van der Waals surface area contributed by atoms with E-state index in [9.17, 15) is 4.79 Å². The van der Waals surface area contributed by atoms with Gasteiger partial charge < -0.3 is 15.5 Å². The van der Waals surface area contributed by atoms with Crippen molar-refractivity contribution in [3.8, 4) is 0 Å². The molecule has 1 unspecified atom stereocenters. The van der Waals surface area contributed by atoms with E-state index in [1.54, 1.807) is 0 Å². The van der Waals surface area contributed by atoms with Crippen LogP contribution < -0.4 is 10.6 Å². The Kier molecular flexibility index (Phi) is 3.50. The van der Waals surface area contributed by atoms with Gasteiger partial charge in [-0.1, -0.05) is 0 Å². The van der Waals surface area contributed by atoms with Crippen molar-refractivity contribution in [3.63, 3.8) is 0 Å². The summed E-state index contributed by atoms with van der Waals surface area (Å²) in [6, 6.07) is 0.775. The van der Waals surface area contributed by atoms with Crippen LogP contribution in [-0.4, -0.2) is 49.1 Å². The average Bonchev–Trinajstić information content (AvgIpc) is 3.01. The first-order chi connectivity index (χ1) is 7.62. The van der Waals surface area contributed by atoms with E-state index >= 15 is 0 Å². The molecule has 4 nitrogen and oxygen atoms in total. The van der Waals surface area contributed by atoms with Gasteiger partial charge >= 0.3 is 0 Å². The molecule has 92 valence electrons. The minimum Gasteiger partial charge on any atom is -0.353 e. The number of hydrogen-bond acceptors (Lipinski definition) is 3. The van der Waals surface area contributed by atoms with Crippen molar-refractivity contribution in [1.82, 2.24) is 15.5 Å². The van der Waals surface area contributed by atoms with E-state index in [1.165, 1.54) is 12.8 Å². The van der Waals surface area contributed by atoms with Crippen molar-refractivity contribution in [2.45, 2.75) is 44.2 Å². The number of nitrogens with one attached hydrogen (secondary N) is 2. The van der Waals surface area contributed by atoms with Crippen LogP contribution in [0.15, 0.2) is 0 Å². The van der Waals surface area contributed by atoms with Crippen molar-refractivity contribution in [3.05, 3.63) is 0 Å².